The van der Waals surface area contributed by atoms with Gasteiger partial charge in [-0.25, -0.2) is 0 Å². The molecule has 2 aromatic carbocycles. The molecule has 0 aliphatic heterocycles. The van der Waals surface area contributed by atoms with E-state index in [1.165, 1.54) is 16.3 Å². The van der Waals surface area contributed by atoms with Gasteiger partial charge in [-0.1, -0.05) is 42.5 Å². The van der Waals surface area contributed by atoms with Gasteiger partial charge in [-0.3, -0.25) is 4.90 Å². The first-order valence-electron chi connectivity index (χ1n) is 7.66. The second-order valence-electron chi connectivity index (χ2n) is 5.96. The summed E-state index contributed by atoms with van der Waals surface area (Å²) >= 11 is 0. The molecular weight excluding hydrogens is 258 g/mol. The number of fused-ring (bicyclic) bond motifs is 1. The number of nitrogens with two attached hydrogens (primary N) is 1. The van der Waals surface area contributed by atoms with Gasteiger partial charge in [0.25, 0.3) is 0 Å². The molecule has 2 N–H and O–H groups in total. The molecule has 3 nitrogen and oxygen atoms in total. The number of rotatable bonds is 7. The monoisotopic (exact) mass is 285 g/mol. The summed E-state index contributed by atoms with van der Waals surface area (Å²) in [7, 11) is 6.41. The van der Waals surface area contributed by atoms with Crippen LogP contribution < -0.4 is 5.73 Å². The van der Waals surface area contributed by atoms with Crippen LogP contribution in [0, 0.1) is 0 Å². The van der Waals surface area contributed by atoms with Crippen LogP contribution >= 0.6 is 0 Å². The van der Waals surface area contributed by atoms with E-state index in [9.17, 15) is 0 Å². The van der Waals surface area contributed by atoms with Crippen LogP contribution in [-0.2, 0) is 0 Å². The first-order chi connectivity index (χ1) is 10.1. The summed E-state index contributed by atoms with van der Waals surface area (Å²) in [5.74, 6) is 0. The van der Waals surface area contributed by atoms with E-state index in [0.29, 0.717) is 6.54 Å². The average Bonchev–Trinajstić information content (AvgIpc) is 2.48. The van der Waals surface area contributed by atoms with Crippen molar-refractivity contribution in [2.45, 2.75) is 12.5 Å². The topological polar surface area (TPSA) is 32.5 Å². The standard InChI is InChI=1S/C18H27N3/c1-20(2)12-7-13-21(3)18(14-19)17-11-6-9-15-8-4-5-10-16(15)17/h4-6,8-11,18H,7,12-14,19H2,1-3H3. The van der Waals surface area contributed by atoms with Crippen LogP contribution in [-0.4, -0.2) is 50.6 Å². The second-order valence-corrected chi connectivity index (χ2v) is 5.96. The highest BCUT2D eigenvalue weighted by atomic mass is 15.1. The van der Waals surface area contributed by atoms with Gasteiger partial charge < -0.3 is 10.6 Å². The number of likely N-dealkylation sites (N-methyl/N-ethyl adjacent to an activating group) is 1. The third kappa shape index (κ3) is 4.03. The summed E-state index contributed by atoms with van der Waals surface area (Å²) < 4.78 is 0. The smallest absolute Gasteiger partial charge is 0.0473 e. The van der Waals surface area contributed by atoms with Gasteiger partial charge >= 0.3 is 0 Å². The summed E-state index contributed by atoms with van der Waals surface area (Å²) in [6.07, 6.45) is 1.16. The van der Waals surface area contributed by atoms with Crippen molar-refractivity contribution >= 4 is 10.8 Å². The van der Waals surface area contributed by atoms with Gasteiger partial charge in [-0.05, 0) is 57.0 Å². The highest BCUT2D eigenvalue weighted by molar-refractivity contribution is 5.86. The lowest BCUT2D eigenvalue weighted by molar-refractivity contribution is 0.236. The second kappa shape index (κ2) is 7.55. The molecule has 0 aliphatic rings. The third-order valence-corrected chi connectivity index (χ3v) is 4.05. The van der Waals surface area contributed by atoms with Gasteiger partial charge in [0, 0.05) is 12.6 Å². The molecule has 21 heavy (non-hydrogen) atoms. The van der Waals surface area contributed by atoms with Crippen LogP contribution in [0.1, 0.15) is 18.0 Å². The molecule has 0 saturated heterocycles. The molecule has 0 bridgehead atoms. The summed E-state index contributed by atoms with van der Waals surface area (Å²) in [5, 5.41) is 2.60. The molecule has 3 heteroatoms. The maximum Gasteiger partial charge on any atom is 0.0473 e. The third-order valence-electron chi connectivity index (χ3n) is 4.05. The summed E-state index contributed by atoms with van der Waals surface area (Å²) in [6, 6.07) is 15.3. The molecule has 1 atom stereocenters. The van der Waals surface area contributed by atoms with E-state index in [-0.39, 0.29) is 6.04 Å². The van der Waals surface area contributed by atoms with Gasteiger partial charge in [0.1, 0.15) is 0 Å². The molecule has 0 aromatic heterocycles. The molecule has 0 aliphatic carbocycles. The maximum absolute atomic E-state index is 6.08. The largest absolute Gasteiger partial charge is 0.329 e. The predicted octanol–water partition coefficient (Wildman–Crippen LogP) is 2.72. The van der Waals surface area contributed by atoms with E-state index >= 15 is 0 Å². The van der Waals surface area contributed by atoms with E-state index in [1.54, 1.807) is 0 Å². The average molecular weight is 285 g/mol. The van der Waals surface area contributed by atoms with Gasteiger partial charge in [0.15, 0.2) is 0 Å². The Morgan fingerprint density at radius 2 is 1.67 bits per heavy atom. The Morgan fingerprint density at radius 1 is 0.952 bits per heavy atom. The van der Waals surface area contributed by atoms with Crippen LogP contribution in [0.3, 0.4) is 0 Å². The molecule has 0 amide bonds. The Bertz CT molecular complexity index is 560. The Hall–Kier alpha value is -1.42. The minimum absolute atomic E-state index is 0.276. The zero-order chi connectivity index (χ0) is 15.2. The molecule has 2 rings (SSSR count). The molecule has 0 heterocycles. The van der Waals surface area contributed by atoms with Crippen LogP contribution in [0.4, 0.5) is 0 Å². The fourth-order valence-corrected chi connectivity index (χ4v) is 2.88. The van der Waals surface area contributed by atoms with Crippen molar-refractivity contribution in [1.29, 1.82) is 0 Å². The van der Waals surface area contributed by atoms with Crippen molar-refractivity contribution in [1.82, 2.24) is 9.80 Å². The van der Waals surface area contributed by atoms with E-state index in [0.717, 1.165) is 19.5 Å². The van der Waals surface area contributed by atoms with Crippen molar-refractivity contribution < 1.29 is 0 Å². The van der Waals surface area contributed by atoms with Crippen LogP contribution in [0.25, 0.3) is 10.8 Å². The number of nitrogens with zero attached hydrogens (tertiary/aromatic N) is 2. The highest BCUT2D eigenvalue weighted by Gasteiger charge is 2.17. The fourth-order valence-electron chi connectivity index (χ4n) is 2.88. The molecule has 0 saturated carbocycles. The number of hydrogen-bond acceptors (Lipinski definition) is 3. The van der Waals surface area contributed by atoms with Crippen LogP contribution in [0.5, 0.6) is 0 Å². The fraction of sp³-hybridized carbons (Fsp3) is 0.444. The van der Waals surface area contributed by atoms with Crippen molar-refractivity contribution in [2.24, 2.45) is 5.73 Å². The van der Waals surface area contributed by atoms with Crippen molar-refractivity contribution in [3.05, 3.63) is 48.0 Å². The van der Waals surface area contributed by atoms with Gasteiger partial charge in [-0.15, -0.1) is 0 Å². The summed E-state index contributed by atoms with van der Waals surface area (Å²) in [6.45, 7) is 2.81. The molecule has 2 aromatic rings. The minimum atomic E-state index is 0.276. The first-order valence-corrected chi connectivity index (χ1v) is 7.66. The maximum atomic E-state index is 6.08. The van der Waals surface area contributed by atoms with E-state index in [2.05, 4.69) is 73.4 Å². The molecule has 0 spiro atoms. The van der Waals surface area contributed by atoms with Crippen LogP contribution in [0.15, 0.2) is 42.5 Å². The molecule has 0 radical (unpaired) electrons. The summed E-state index contributed by atoms with van der Waals surface area (Å²) in [5.41, 5.74) is 7.41. The van der Waals surface area contributed by atoms with E-state index in [1.807, 2.05) is 0 Å². The van der Waals surface area contributed by atoms with E-state index < -0.39 is 0 Å². The minimum Gasteiger partial charge on any atom is -0.329 e. The number of hydrogen-bond donors (Lipinski definition) is 1. The molecule has 114 valence electrons. The van der Waals surface area contributed by atoms with Crippen LogP contribution in [0.2, 0.25) is 0 Å². The zero-order valence-electron chi connectivity index (χ0n) is 13.4. The number of benzene rings is 2. The Labute approximate surface area is 128 Å². The van der Waals surface area contributed by atoms with Gasteiger partial charge in [0.2, 0.25) is 0 Å². The summed E-state index contributed by atoms with van der Waals surface area (Å²) in [4.78, 5) is 4.61. The highest BCUT2D eigenvalue weighted by Crippen LogP contribution is 2.27. The molecule has 0 fully saturated rings. The Morgan fingerprint density at radius 3 is 2.38 bits per heavy atom. The van der Waals surface area contributed by atoms with Crippen molar-refractivity contribution in [3.63, 3.8) is 0 Å². The zero-order valence-corrected chi connectivity index (χ0v) is 13.4. The lowest BCUT2D eigenvalue weighted by Gasteiger charge is -2.28. The Balaban J connectivity index is 2.19. The Kier molecular flexibility index (Phi) is 5.74. The quantitative estimate of drug-likeness (QED) is 0.849. The predicted molar refractivity (Wildman–Crippen MR) is 91.5 cm³/mol. The van der Waals surface area contributed by atoms with Crippen molar-refractivity contribution in [3.8, 4) is 0 Å². The van der Waals surface area contributed by atoms with Crippen molar-refractivity contribution in [2.75, 3.05) is 40.8 Å². The normalized spacial score (nSPS) is 13.2. The van der Waals surface area contributed by atoms with Gasteiger partial charge in [-0.2, -0.15) is 0 Å². The molecular formula is C18H27N3. The van der Waals surface area contributed by atoms with E-state index in [4.69, 9.17) is 5.73 Å². The first kappa shape index (κ1) is 16.0. The molecule has 1 unspecified atom stereocenters. The SMILES string of the molecule is CN(C)CCCN(C)C(CN)c1cccc2ccccc12. The van der Waals surface area contributed by atoms with Gasteiger partial charge in [0.05, 0.1) is 0 Å². The lowest BCUT2D eigenvalue weighted by Crippen LogP contribution is -2.32. The lowest BCUT2D eigenvalue weighted by atomic mass is 9.98.